The van der Waals surface area contributed by atoms with Gasteiger partial charge >= 0.3 is 0 Å². The predicted molar refractivity (Wildman–Crippen MR) is 84.3 cm³/mol. The molecule has 0 atom stereocenters. The fourth-order valence-electron chi connectivity index (χ4n) is 1.69. The zero-order valence-corrected chi connectivity index (χ0v) is 13.8. The van der Waals surface area contributed by atoms with Crippen LogP contribution in [0, 0.1) is 5.82 Å². The lowest BCUT2D eigenvalue weighted by Gasteiger charge is -2.10. The number of rotatable bonds is 4. The fraction of sp³-hybridized carbons (Fsp3) is 0.0769. The third-order valence-electron chi connectivity index (χ3n) is 2.75. The lowest BCUT2D eigenvalue weighted by atomic mass is 10.2. The first kappa shape index (κ1) is 16.2. The van der Waals surface area contributed by atoms with Crippen molar-refractivity contribution in [2.75, 3.05) is 5.32 Å². The maximum Gasteiger partial charge on any atom is 0.238 e. The van der Waals surface area contributed by atoms with Crippen molar-refractivity contribution in [3.63, 3.8) is 0 Å². The van der Waals surface area contributed by atoms with Crippen LogP contribution in [0.5, 0.6) is 0 Å². The summed E-state index contributed by atoms with van der Waals surface area (Å²) in [6.45, 7) is 0.208. The normalized spacial score (nSPS) is 11.4. The SMILES string of the molecule is NS(=O)(=O)c1ccc(NCc2cc(Cl)ccc2F)c(Br)c1. The highest BCUT2D eigenvalue weighted by Gasteiger charge is 2.10. The Labute approximate surface area is 135 Å². The molecule has 0 aromatic heterocycles. The van der Waals surface area contributed by atoms with E-state index in [4.69, 9.17) is 16.7 Å². The van der Waals surface area contributed by atoms with Crippen molar-refractivity contribution in [2.24, 2.45) is 5.14 Å². The van der Waals surface area contributed by atoms with E-state index in [2.05, 4.69) is 21.2 Å². The third kappa shape index (κ3) is 4.16. The number of nitrogens with two attached hydrogens (primary N) is 1. The average molecular weight is 394 g/mol. The first-order chi connectivity index (χ1) is 9.77. The van der Waals surface area contributed by atoms with Gasteiger partial charge in [0.25, 0.3) is 0 Å². The second-order valence-corrected chi connectivity index (χ2v) is 7.13. The van der Waals surface area contributed by atoms with E-state index >= 15 is 0 Å². The number of benzene rings is 2. The number of hydrogen-bond donors (Lipinski definition) is 2. The van der Waals surface area contributed by atoms with Gasteiger partial charge in [0.05, 0.1) is 4.90 Å². The summed E-state index contributed by atoms with van der Waals surface area (Å²) in [6, 6.07) is 8.58. The molecular formula is C13H11BrClFN2O2S. The van der Waals surface area contributed by atoms with Crippen LogP contribution in [0.15, 0.2) is 45.8 Å². The van der Waals surface area contributed by atoms with Crippen LogP contribution in [0.1, 0.15) is 5.56 Å². The van der Waals surface area contributed by atoms with Crippen LogP contribution in [0.3, 0.4) is 0 Å². The van der Waals surface area contributed by atoms with Crippen molar-refractivity contribution in [1.29, 1.82) is 0 Å². The molecule has 4 nitrogen and oxygen atoms in total. The number of anilines is 1. The predicted octanol–water partition coefficient (Wildman–Crippen LogP) is 3.50. The van der Waals surface area contributed by atoms with Crippen LogP contribution in [0.25, 0.3) is 0 Å². The van der Waals surface area contributed by atoms with E-state index in [1.54, 1.807) is 6.07 Å². The minimum atomic E-state index is -3.76. The van der Waals surface area contributed by atoms with Gasteiger partial charge in [0, 0.05) is 27.3 Å². The second-order valence-electron chi connectivity index (χ2n) is 4.28. The summed E-state index contributed by atoms with van der Waals surface area (Å²) in [5.74, 6) is -0.371. The fourth-order valence-corrected chi connectivity index (χ4v) is 3.09. The van der Waals surface area contributed by atoms with E-state index < -0.39 is 10.0 Å². The van der Waals surface area contributed by atoms with E-state index in [1.165, 1.54) is 30.3 Å². The maximum absolute atomic E-state index is 13.6. The molecule has 0 fully saturated rings. The zero-order chi connectivity index (χ0) is 15.6. The Morgan fingerprint density at radius 1 is 1.24 bits per heavy atom. The van der Waals surface area contributed by atoms with Crippen LogP contribution in [0.2, 0.25) is 5.02 Å². The second kappa shape index (κ2) is 6.31. The Balaban J connectivity index is 2.19. The highest BCUT2D eigenvalue weighted by molar-refractivity contribution is 9.10. The summed E-state index contributed by atoms with van der Waals surface area (Å²) >= 11 is 9.06. The molecule has 0 spiro atoms. The van der Waals surface area contributed by atoms with E-state index in [1.807, 2.05) is 0 Å². The molecule has 0 amide bonds. The van der Waals surface area contributed by atoms with E-state index in [0.29, 0.717) is 20.7 Å². The first-order valence-electron chi connectivity index (χ1n) is 5.77. The van der Waals surface area contributed by atoms with Crippen molar-refractivity contribution in [3.05, 3.63) is 57.3 Å². The Bertz CT molecular complexity index is 784. The standard InChI is InChI=1S/C13H11BrClFN2O2S/c14-11-6-10(21(17,19)20)2-4-13(11)18-7-8-5-9(15)1-3-12(8)16/h1-6,18H,7H2,(H2,17,19,20). The first-order valence-corrected chi connectivity index (χ1v) is 8.49. The molecule has 0 saturated heterocycles. The van der Waals surface area contributed by atoms with Crippen molar-refractivity contribution in [1.82, 2.24) is 0 Å². The van der Waals surface area contributed by atoms with Gasteiger partial charge < -0.3 is 5.32 Å². The molecule has 0 heterocycles. The quantitative estimate of drug-likeness (QED) is 0.835. The molecule has 8 heteroatoms. The molecule has 3 N–H and O–H groups in total. The molecule has 112 valence electrons. The van der Waals surface area contributed by atoms with Crippen molar-refractivity contribution < 1.29 is 12.8 Å². The molecule has 0 aliphatic heterocycles. The molecule has 0 aliphatic carbocycles. The lowest BCUT2D eigenvalue weighted by Crippen LogP contribution is -2.12. The summed E-state index contributed by atoms with van der Waals surface area (Å²) in [5, 5.41) is 8.48. The molecule has 0 aliphatic rings. The van der Waals surface area contributed by atoms with Gasteiger partial charge in [0.15, 0.2) is 0 Å². The third-order valence-corrected chi connectivity index (χ3v) is 4.55. The summed E-state index contributed by atoms with van der Waals surface area (Å²) in [7, 11) is -3.76. The molecule has 2 aromatic rings. The Morgan fingerprint density at radius 3 is 2.57 bits per heavy atom. The molecule has 0 saturated carbocycles. The zero-order valence-electron chi connectivity index (χ0n) is 10.6. The van der Waals surface area contributed by atoms with Crippen LogP contribution in [0.4, 0.5) is 10.1 Å². The van der Waals surface area contributed by atoms with Crippen LogP contribution in [-0.4, -0.2) is 8.42 Å². The Hall–Kier alpha value is -1.15. The summed E-state index contributed by atoms with van der Waals surface area (Å²) < 4.78 is 36.6. The minimum absolute atomic E-state index is 0.00568. The smallest absolute Gasteiger partial charge is 0.238 e. The molecule has 0 bridgehead atoms. The number of primary sulfonamides is 1. The largest absolute Gasteiger partial charge is 0.380 e. The minimum Gasteiger partial charge on any atom is -0.380 e. The number of sulfonamides is 1. The maximum atomic E-state index is 13.6. The van der Waals surface area contributed by atoms with Crippen molar-refractivity contribution >= 4 is 43.2 Å². The molecule has 21 heavy (non-hydrogen) atoms. The topological polar surface area (TPSA) is 72.2 Å². The van der Waals surface area contributed by atoms with Gasteiger partial charge in [-0.1, -0.05) is 11.6 Å². The van der Waals surface area contributed by atoms with Gasteiger partial charge in [-0.15, -0.1) is 0 Å². The molecule has 0 radical (unpaired) electrons. The van der Waals surface area contributed by atoms with Gasteiger partial charge in [0.2, 0.25) is 10.0 Å². The van der Waals surface area contributed by atoms with Gasteiger partial charge in [-0.05, 0) is 52.3 Å². The highest BCUT2D eigenvalue weighted by Crippen LogP contribution is 2.26. The molecule has 2 aromatic carbocycles. The van der Waals surface area contributed by atoms with E-state index in [9.17, 15) is 12.8 Å². The van der Waals surface area contributed by atoms with Crippen LogP contribution >= 0.6 is 27.5 Å². The van der Waals surface area contributed by atoms with Crippen molar-refractivity contribution in [2.45, 2.75) is 11.4 Å². The Kier molecular flexibility index (Phi) is 4.88. The highest BCUT2D eigenvalue weighted by atomic mass is 79.9. The van der Waals surface area contributed by atoms with E-state index in [0.717, 1.165) is 0 Å². The van der Waals surface area contributed by atoms with E-state index in [-0.39, 0.29) is 17.3 Å². The summed E-state index contributed by atoms with van der Waals surface area (Å²) in [5.41, 5.74) is 1.02. The van der Waals surface area contributed by atoms with Crippen LogP contribution < -0.4 is 10.5 Å². The Morgan fingerprint density at radius 2 is 1.95 bits per heavy atom. The van der Waals surface area contributed by atoms with Gasteiger partial charge in [-0.3, -0.25) is 0 Å². The molecule has 0 unspecified atom stereocenters. The number of nitrogens with one attached hydrogen (secondary N) is 1. The van der Waals surface area contributed by atoms with Crippen LogP contribution in [-0.2, 0) is 16.6 Å². The average Bonchev–Trinajstić information content (AvgIpc) is 2.40. The van der Waals surface area contributed by atoms with Gasteiger partial charge in [-0.2, -0.15) is 0 Å². The number of hydrogen-bond acceptors (Lipinski definition) is 3. The van der Waals surface area contributed by atoms with Crippen molar-refractivity contribution in [3.8, 4) is 0 Å². The summed E-state index contributed by atoms with van der Waals surface area (Å²) in [6.07, 6.45) is 0. The monoisotopic (exact) mass is 392 g/mol. The number of halogens is 3. The van der Waals surface area contributed by atoms with Gasteiger partial charge in [0.1, 0.15) is 5.82 Å². The van der Waals surface area contributed by atoms with Gasteiger partial charge in [-0.25, -0.2) is 17.9 Å². The molecule has 2 rings (SSSR count). The summed E-state index contributed by atoms with van der Waals surface area (Å²) in [4.78, 5) is -0.00568. The molecular weight excluding hydrogens is 383 g/mol. The lowest BCUT2D eigenvalue weighted by molar-refractivity contribution is 0.598.